The molecule has 3 amide bonds. The highest BCUT2D eigenvalue weighted by Crippen LogP contribution is 2.36. The predicted molar refractivity (Wildman–Crippen MR) is 118 cm³/mol. The highest BCUT2D eigenvalue weighted by molar-refractivity contribution is 6.68. The fourth-order valence-corrected chi connectivity index (χ4v) is 3.24. The zero-order chi connectivity index (χ0) is 24.7. The van der Waals surface area contributed by atoms with Gasteiger partial charge in [-0.05, 0) is 42.8 Å². The number of aryl methyl sites for hydroxylation is 1. The van der Waals surface area contributed by atoms with E-state index in [1.54, 1.807) is 13.0 Å². The number of alkyl halides is 6. The average Bonchev–Trinajstić information content (AvgIpc) is 2.91. The molecule has 1 N–H and O–H groups in total. The van der Waals surface area contributed by atoms with E-state index in [1.165, 1.54) is 18.2 Å². The number of benzene rings is 2. The van der Waals surface area contributed by atoms with Crippen molar-refractivity contribution < 1.29 is 27.2 Å². The third kappa shape index (κ3) is 5.34. The highest BCUT2D eigenvalue weighted by Gasteiger charge is 2.44. The molecule has 2 aromatic rings. The van der Waals surface area contributed by atoms with Crippen LogP contribution in [0.1, 0.15) is 11.1 Å². The highest BCUT2D eigenvalue weighted by atomic mass is 35.6. The first-order chi connectivity index (χ1) is 15.2. The van der Waals surface area contributed by atoms with E-state index in [4.69, 9.17) is 34.8 Å². The van der Waals surface area contributed by atoms with E-state index in [0.29, 0.717) is 21.4 Å². The van der Waals surface area contributed by atoms with Crippen LogP contribution in [-0.2, 0) is 11.0 Å². The van der Waals surface area contributed by atoms with Crippen molar-refractivity contribution >= 4 is 64.0 Å². The molecule has 1 aliphatic rings. The molecule has 1 fully saturated rings. The van der Waals surface area contributed by atoms with Crippen molar-refractivity contribution in [2.75, 3.05) is 17.3 Å². The Morgan fingerprint density at radius 3 is 2.30 bits per heavy atom. The number of halogens is 7. The molecule has 0 radical (unpaired) electrons. The van der Waals surface area contributed by atoms with Gasteiger partial charge >= 0.3 is 12.2 Å². The number of amidine groups is 1. The standard InChI is InChI=1S/C20H15Cl3F4N4O2/c1-10-6-7-14(13(24)8-10)28-17(19(21,22)23)29-15-16(32)30(2)18(33)31(15)12-5-3-4-11(9-12)20(25,26)27/h3-9,17,28H,1-2H3. The van der Waals surface area contributed by atoms with E-state index in [-0.39, 0.29) is 11.4 Å². The first-order valence-electron chi connectivity index (χ1n) is 9.16. The molecule has 2 aromatic carbocycles. The number of urea groups is 1. The third-order valence-electron chi connectivity index (χ3n) is 4.60. The summed E-state index contributed by atoms with van der Waals surface area (Å²) >= 11 is 17.9. The lowest BCUT2D eigenvalue weighted by atomic mass is 10.2. The Balaban J connectivity index is 2.09. The van der Waals surface area contributed by atoms with Gasteiger partial charge in [0.15, 0.2) is 6.17 Å². The summed E-state index contributed by atoms with van der Waals surface area (Å²) in [5.74, 6) is -2.27. The van der Waals surface area contributed by atoms with Crippen LogP contribution in [0.25, 0.3) is 0 Å². The Morgan fingerprint density at radius 1 is 1.06 bits per heavy atom. The maximum atomic E-state index is 14.3. The number of carbonyl (C=O) groups is 2. The zero-order valence-corrected chi connectivity index (χ0v) is 19.2. The predicted octanol–water partition coefficient (Wildman–Crippen LogP) is 5.76. The lowest BCUT2D eigenvalue weighted by Gasteiger charge is -2.25. The average molecular weight is 526 g/mol. The summed E-state index contributed by atoms with van der Waals surface area (Å²) in [4.78, 5) is 30.7. The third-order valence-corrected chi connectivity index (χ3v) is 5.22. The van der Waals surface area contributed by atoms with Crippen molar-refractivity contribution in [1.29, 1.82) is 0 Å². The van der Waals surface area contributed by atoms with Crippen LogP contribution in [0, 0.1) is 12.7 Å². The molecule has 13 heteroatoms. The van der Waals surface area contributed by atoms with Crippen LogP contribution in [0.3, 0.4) is 0 Å². The second kappa shape index (κ2) is 9.00. The number of nitrogens with one attached hydrogen (secondary N) is 1. The number of hydrogen-bond acceptors (Lipinski definition) is 4. The molecule has 1 aliphatic heterocycles. The first kappa shape index (κ1) is 25.1. The number of hydrogen-bond donors (Lipinski definition) is 1. The van der Waals surface area contributed by atoms with Crippen LogP contribution in [0.15, 0.2) is 47.5 Å². The molecule has 3 rings (SSSR count). The van der Waals surface area contributed by atoms with E-state index in [0.717, 1.165) is 19.2 Å². The molecule has 1 atom stereocenters. The van der Waals surface area contributed by atoms with Crippen molar-refractivity contribution in [1.82, 2.24) is 4.90 Å². The molecular weight excluding hydrogens is 511 g/mol. The van der Waals surface area contributed by atoms with E-state index in [9.17, 15) is 27.2 Å². The van der Waals surface area contributed by atoms with Gasteiger partial charge < -0.3 is 5.32 Å². The van der Waals surface area contributed by atoms with Gasteiger partial charge in [0.1, 0.15) is 5.82 Å². The van der Waals surface area contributed by atoms with E-state index >= 15 is 0 Å². The van der Waals surface area contributed by atoms with Gasteiger partial charge in [-0.15, -0.1) is 0 Å². The minimum atomic E-state index is -4.70. The van der Waals surface area contributed by atoms with Crippen LogP contribution in [0.5, 0.6) is 0 Å². The molecule has 0 aromatic heterocycles. The second-order valence-corrected chi connectivity index (χ2v) is 9.42. The van der Waals surface area contributed by atoms with Crippen molar-refractivity contribution in [3.63, 3.8) is 0 Å². The van der Waals surface area contributed by atoms with Crippen molar-refractivity contribution in [2.24, 2.45) is 4.99 Å². The van der Waals surface area contributed by atoms with Crippen LogP contribution in [0.2, 0.25) is 0 Å². The normalized spacial score (nSPS) is 17.2. The zero-order valence-electron chi connectivity index (χ0n) is 16.9. The Labute approximate surface area is 200 Å². The first-order valence-corrected chi connectivity index (χ1v) is 10.3. The van der Waals surface area contributed by atoms with Crippen molar-refractivity contribution in [2.45, 2.75) is 23.1 Å². The molecule has 6 nitrogen and oxygen atoms in total. The second-order valence-electron chi connectivity index (χ2n) is 7.05. The molecular formula is C20H15Cl3F4N4O2. The van der Waals surface area contributed by atoms with Crippen LogP contribution >= 0.6 is 34.8 Å². The lowest BCUT2D eigenvalue weighted by Crippen LogP contribution is -2.38. The summed E-state index contributed by atoms with van der Waals surface area (Å²) in [5.41, 5.74) is -0.830. The van der Waals surface area contributed by atoms with Crippen LogP contribution in [0.4, 0.5) is 33.7 Å². The number of imide groups is 1. The SMILES string of the molecule is Cc1ccc(NC(N=C2C(=O)N(C)C(=O)N2c2cccc(C(F)(F)F)c2)C(Cl)(Cl)Cl)c(F)c1. The van der Waals surface area contributed by atoms with E-state index in [2.05, 4.69) is 10.3 Å². The van der Waals surface area contributed by atoms with Crippen LogP contribution in [-0.4, -0.2) is 39.7 Å². The maximum absolute atomic E-state index is 14.3. The van der Waals surface area contributed by atoms with Crippen LogP contribution < -0.4 is 10.2 Å². The monoisotopic (exact) mass is 524 g/mol. The topological polar surface area (TPSA) is 65.0 Å². The maximum Gasteiger partial charge on any atom is 0.416 e. The Kier molecular flexibility index (Phi) is 6.84. The van der Waals surface area contributed by atoms with Gasteiger partial charge in [0.2, 0.25) is 9.63 Å². The fourth-order valence-electron chi connectivity index (χ4n) is 2.93. The summed E-state index contributed by atoms with van der Waals surface area (Å²) in [7, 11) is 1.12. The number of rotatable bonds is 4. The number of carbonyl (C=O) groups excluding carboxylic acids is 2. The van der Waals surface area contributed by atoms with Gasteiger partial charge in [-0.2, -0.15) is 13.2 Å². The summed E-state index contributed by atoms with van der Waals surface area (Å²) in [6.07, 6.45) is -6.29. The number of nitrogens with zero attached hydrogens (tertiary/aromatic N) is 3. The van der Waals surface area contributed by atoms with Gasteiger partial charge in [-0.25, -0.2) is 19.1 Å². The molecule has 1 unspecified atom stereocenters. The minimum Gasteiger partial charge on any atom is -0.358 e. The molecule has 0 saturated carbocycles. The van der Waals surface area contributed by atoms with Gasteiger partial charge in [0.05, 0.1) is 16.9 Å². The van der Waals surface area contributed by atoms with Gasteiger partial charge in [0.25, 0.3) is 5.91 Å². The molecule has 0 aliphatic carbocycles. The summed E-state index contributed by atoms with van der Waals surface area (Å²) in [5, 5.41) is 2.55. The molecule has 176 valence electrons. The molecule has 1 heterocycles. The minimum absolute atomic E-state index is 0.114. The number of aliphatic imine (C=N–C) groups is 1. The van der Waals surface area contributed by atoms with Crippen molar-refractivity contribution in [3.05, 3.63) is 59.4 Å². The summed E-state index contributed by atoms with van der Waals surface area (Å²) in [6.45, 7) is 1.66. The quantitative estimate of drug-likeness (QED) is 0.314. The Hall–Kier alpha value is -2.56. The molecule has 0 spiro atoms. The Bertz CT molecular complexity index is 1140. The smallest absolute Gasteiger partial charge is 0.358 e. The lowest BCUT2D eigenvalue weighted by molar-refractivity contribution is -0.137. The largest absolute Gasteiger partial charge is 0.416 e. The molecule has 1 saturated heterocycles. The fraction of sp³-hybridized carbons (Fsp3) is 0.250. The van der Waals surface area contributed by atoms with Gasteiger partial charge in [0, 0.05) is 7.05 Å². The number of amides is 3. The van der Waals surface area contributed by atoms with Gasteiger partial charge in [-0.3, -0.25) is 9.69 Å². The van der Waals surface area contributed by atoms with E-state index in [1.807, 2.05) is 0 Å². The summed E-state index contributed by atoms with van der Waals surface area (Å²) < 4.78 is 51.6. The Morgan fingerprint density at radius 2 is 1.73 bits per heavy atom. The number of anilines is 2. The summed E-state index contributed by atoms with van der Waals surface area (Å²) in [6, 6.07) is 6.90. The van der Waals surface area contributed by atoms with Gasteiger partial charge in [-0.1, -0.05) is 46.9 Å². The van der Waals surface area contributed by atoms with Crippen molar-refractivity contribution in [3.8, 4) is 0 Å². The molecule has 0 bridgehead atoms. The van der Waals surface area contributed by atoms with E-state index < -0.39 is 45.3 Å². The molecule has 33 heavy (non-hydrogen) atoms. The number of likely N-dealkylation sites (N-methyl/N-ethyl adjacent to an activating group) is 1.